The zero-order chi connectivity index (χ0) is 19.6. The third kappa shape index (κ3) is 6.74. The molecular weight excluding hydrogens is 362 g/mol. The van der Waals surface area contributed by atoms with Crippen molar-refractivity contribution in [2.75, 3.05) is 26.2 Å². The lowest BCUT2D eigenvalue weighted by atomic mass is 10.2. The maximum Gasteiger partial charge on any atom is 0.194 e. The Bertz CT molecular complexity index is 770. The van der Waals surface area contributed by atoms with Crippen molar-refractivity contribution in [1.82, 2.24) is 4.90 Å². The molecule has 0 bridgehead atoms. The van der Waals surface area contributed by atoms with Crippen LogP contribution in [0.2, 0.25) is 5.02 Å². The summed E-state index contributed by atoms with van der Waals surface area (Å²) in [5.74, 6) is 1.05. The van der Waals surface area contributed by atoms with Crippen LogP contribution in [0.1, 0.15) is 26.3 Å². The van der Waals surface area contributed by atoms with E-state index in [1.165, 1.54) is 6.92 Å². The van der Waals surface area contributed by atoms with Crippen molar-refractivity contribution in [1.29, 1.82) is 0 Å². The fourth-order valence-corrected chi connectivity index (χ4v) is 2.69. The predicted molar refractivity (Wildman–Crippen MR) is 110 cm³/mol. The van der Waals surface area contributed by atoms with Crippen LogP contribution in [0.4, 0.5) is 0 Å². The zero-order valence-corrected chi connectivity index (χ0v) is 16.8. The Hall–Kier alpha value is -2.30. The number of hydrogen-bond donors (Lipinski definition) is 0. The molecule has 2 aromatic carbocycles. The number of likely N-dealkylation sites (N-methyl/N-ethyl adjacent to an activating group) is 1. The summed E-state index contributed by atoms with van der Waals surface area (Å²) in [7, 11) is 0. The average molecular weight is 388 g/mol. The first-order chi connectivity index (χ1) is 13.0. The predicted octanol–water partition coefficient (Wildman–Crippen LogP) is 5.07. The second kappa shape index (κ2) is 10.8. The van der Waals surface area contributed by atoms with E-state index < -0.39 is 0 Å². The summed E-state index contributed by atoms with van der Waals surface area (Å²) >= 11 is 6.12. The van der Waals surface area contributed by atoms with Gasteiger partial charge in [-0.05, 0) is 36.9 Å². The van der Waals surface area contributed by atoms with Gasteiger partial charge in [0.2, 0.25) is 0 Å². The Kier molecular flexibility index (Phi) is 8.37. The third-order valence-electron chi connectivity index (χ3n) is 4.13. The molecule has 4 nitrogen and oxygen atoms in total. The number of hydrogen-bond acceptors (Lipinski definition) is 4. The number of carbonyl (C=O) groups is 1. The molecule has 2 aromatic rings. The van der Waals surface area contributed by atoms with Crippen LogP contribution in [0.25, 0.3) is 6.08 Å². The van der Waals surface area contributed by atoms with Crippen molar-refractivity contribution in [3.63, 3.8) is 0 Å². The van der Waals surface area contributed by atoms with Gasteiger partial charge in [-0.15, -0.1) is 0 Å². The number of ketones is 1. The molecule has 0 N–H and O–H groups in total. The summed E-state index contributed by atoms with van der Waals surface area (Å²) < 4.78 is 11.8. The molecular formula is C22H26ClNO3. The highest BCUT2D eigenvalue weighted by Gasteiger charge is 2.13. The summed E-state index contributed by atoms with van der Waals surface area (Å²) in [4.78, 5) is 14.3. The van der Waals surface area contributed by atoms with E-state index in [9.17, 15) is 4.79 Å². The highest BCUT2D eigenvalue weighted by atomic mass is 35.5. The molecule has 0 heterocycles. The lowest BCUT2D eigenvalue weighted by molar-refractivity contribution is -0.115. The molecule has 144 valence electrons. The monoisotopic (exact) mass is 387 g/mol. The molecule has 0 aliphatic rings. The first kappa shape index (κ1) is 21.0. The van der Waals surface area contributed by atoms with Gasteiger partial charge in [0, 0.05) is 24.6 Å². The van der Waals surface area contributed by atoms with Gasteiger partial charge in [-0.3, -0.25) is 4.79 Å². The highest BCUT2D eigenvalue weighted by molar-refractivity contribution is 6.30. The lowest BCUT2D eigenvalue weighted by Gasteiger charge is -2.19. The summed E-state index contributed by atoms with van der Waals surface area (Å²) in [6.07, 6.45) is 1.71. The summed E-state index contributed by atoms with van der Waals surface area (Å²) in [5, 5.41) is 0.517. The molecule has 2 rings (SSSR count). The van der Waals surface area contributed by atoms with Gasteiger partial charge in [-0.2, -0.15) is 0 Å². The minimum atomic E-state index is -0.173. The number of allylic oxidation sites excluding steroid dienone is 1. The Morgan fingerprint density at radius 3 is 2.41 bits per heavy atom. The van der Waals surface area contributed by atoms with Crippen LogP contribution in [0.5, 0.6) is 11.5 Å². The maximum atomic E-state index is 12.1. The van der Waals surface area contributed by atoms with E-state index in [4.69, 9.17) is 21.1 Å². The van der Waals surface area contributed by atoms with Crippen LogP contribution in [0, 0.1) is 0 Å². The minimum Gasteiger partial charge on any atom is -0.488 e. The number of benzene rings is 2. The van der Waals surface area contributed by atoms with Crippen molar-refractivity contribution in [3.8, 4) is 11.5 Å². The molecule has 0 unspecified atom stereocenters. The van der Waals surface area contributed by atoms with Crippen molar-refractivity contribution in [3.05, 3.63) is 64.9 Å². The van der Waals surface area contributed by atoms with E-state index in [1.807, 2.05) is 30.3 Å². The van der Waals surface area contributed by atoms with Gasteiger partial charge in [0.25, 0.3) is 0 Å². The molecule has 0 amide bonds. The summed E-state index contributed by atoms with van der Waals surface area (Å²) in [6.45, 7) is 8.99. The molecule has 27 heavy (non-hydrogen) atoms. The average Bonchev–Trinajstić information content (AvgIpc) is 2.67. The number of nitrogens with zero attached hydrogens (tertiary/aromatic N) is 1. The standard InChI is InChI=1S/C22H26ClNO3/c1-4-24(5-2)13-14-26-20-12-11-19(23)16-22(20)27-21(17(3)25)15-18-9-7-6-8-10-18/h6-12,15-16H,4-5,13-14H2,1-3H3/b21-15-. The number of halogens is 1. The van der Waals surface area contributed by atoms with Crippen LogP contribution in [0.15, 0.2) is 54.3 Å². The number of rotatable bonds is 10. The van der Waals surface area contributed by atoms with Gasteiger partial charge in [0.05, 0.1) is 0 Å². The fraction of sp³-hybridized carbons (Fsp3) is 0.318. The van der Waals surface area contributed by atoms with Crippen molar-refractivity contribution in [2.24, 2.45) is 0 Å². The van der Waals surface area contributed by atoms with Crippen molar-refractivity contribution < 1.29 is 14.3 Å². The van der Waals surface area contributed by atoms with Gasteiger partial charge in [0.15, 0.2) is 23.0 Å². The zero-order valence-electron chi connectivity index (χ0n) is 16.1. The molecule has 0 atom stereocenters. The molecule has 0 aliphatic heterocycles. The van der Waals surface area contributed by atoms with Gasteiger partial charge in [-0.25, -0.2) is 0 Å². The lowest BCUT2D eigenvalue weighted by Crippen LogP contribution is -2.28. The Labute approximate surface area is 166 Å². The molecule has 0 radical (unpaired) electrons. The SMILES string of the molecule is CCN(CC)CCOc1ccc(Cl)cc1O/C(=C\c1ccccc1)C(C)=O. The van der Waals surface area contributed by atoms with E-state index in [-0.39, 0.29) is 11.5 Å². The largest absolute Gasteiger partial charge is 0.488 e. The number of Topliss-reactive ketones (excluding diaryl/α,β-unsaturated/α-hetero) is 1. The summed E-state index contributed by atoms with van der Waals surface area (Å²) in [6, 6.07) is 14.7. The Balaban J connectivity index is 2.19. The molecule has 0 saturated heterocycles. The molecule has 5 heteroatoms. The molecule has 0 aromatic heterocycles. The first-order valence-corrected chi connectivity index (χ1v) is 9.51. The van der Waals surface area contributed by atoms with Crippen LogP contribution >= 0.6 is 11.6 Å². The number of carbonyl (C=O) groups excluding carboxylic acids is 1. The van der Waals surface area contributed by atoms with Crippen LogP contribution < -0.4 is 9.47 Å². The van der Waals surface area contributed by atoms with Crippen LogP contribution in [0.3, 0.4) is 0 Å². The molecule has 0 spiro atoms. The van der Waals surface area contributed by atoms with Crippen molar-refractivity contribution >= 4 is 23.5 Å². The summed E-state index contributed by atoms with van der Waals surface area (Å²) in [5.41, 5.74) is 0.883. The smallest absolute Gasteiger partial charge is 0.194 e. The van der Waals surface area contributed by atoms with E-state index in [1.54, 1.807) is 24.3 Å². The normalized spacial score (nSPS) is 11.5. The van der Waals surface area contributed by atoms with Gasteiger partial charge >= 0.3 is 0 Å². The highest BCUT2D eigenvalue weighted by Crippen LogP contribution is 2.32. The van der Waals surface area contributed by atoms with E-state index in [0.29, 0.717) is 23.1 Å². The van der Waals surface area contributed by atoms with Gasteiger partial charge in [0.1, 0.15) is 6.61 Å². The topological polar surface area (TPSA) is 38.8 Å². The quantitative estimate of drug-likeness (QED) is 0.421. The number of ether oxygens (including phenoxy) is 2. The van der Waals surface area contributed by atoms with Crippen molar-refractivity contribution in [2.45, 2.75) is 20.8 Å². The molecule has 0 aliphatic carbocycles. The second-order valence-electron chi connectivity index (χ2n) is 6.04. The second-order valence-corrected chi connectivity index (χ2v) is 6.48. The maximum absolute atomic E-state index is 12.1. The first-order valence-electron chi connectivity index (χ1n) is 9.13. The van der Waals surface area contributed by atoms with E-state index in [0.717, 1.165) is 25.2 Å². The fourth-order valence-electron chi connectivity index (χ4n) is 2.53. The molecule has 0 fully saturated rings. The Morgan fingerprint density at radius 1 is 1.07 bits per heavy atom. The van der Waals surface area contributed by atoms with Gasteiger partial charge in [-0.1, -0.05) is 55.8 Å². The van der Waals surface area contributed by atoms with Gasteiger partial charge < -0.3 is 14.4 Å². The minimum absolute atomic E-state index is 0.173. The van der Waals surface area contributed by atoms with Crippen LogP contribution in [-0.2, 0) is 4.79 Å². The third-order valence-corrected chi connectivity index (χ3v) is 4.36. The Morgan fingerprint density at radius 2 is 1.78 bits per heavy atom. The van der Waals surface area contributed by atoms with E-state index in [2.05, 4.69) is 18.7 Å². The van der Waals surface area contributed by atoms with Crippen LogP contribution in [-0.4, -0.2) is 36.9 Å². The molecule has 0 saturated carbocycles. The van der Waals surface area contributed by atoms with E-state index >= 15 is 0 Å².